The predicted octanol–water partition coefficient (Wildman–Crippen LogP) is 3.35. The minimum atomic E-state index is -0.540. The Bertz CT molecular complexity index is 1830. The molecule has 1 aliphatic rings. The van der Waals surface area contributed by atoms with E-state index in [1.54, 1.807) is 43.2 Å². The smallest absolute Gasteiger partial charge is 0.330 e. The highest BCUT2D eigenvalue weighted by Crippen LogP contribution is 2.32. The zero-order valence-corrected chi connectivity index (χ0v) is 22.1. The van der Waals surface area contributed by atoms with Crippen LogP contribution in [-0.2, 0) is 20.0 Å². The van der Waals surface area contributed by atoms with Gasteiger partial charge in [0, 0.05) is 38.4 Å². The van der Waals surface area contributed by atoms with Crippen molar-refractivity contribution in [1.29, 1.82) is 0 Å². The van der Waals surface area contributed by atoms with Crippen LogP contribution in [-0.4, -0.2) is 42.3 Å². The van der Waals surface area contributed by atoms with E-state index in [1.165, 1.54) is 21.7 Å². The molecule has 1 fully saturated rings. The number of halogens is 1. The highest BCUT2D eigenvalue weighted by atomic mass is 19.1. The van der Waals surface area contributed by atoms with Gasteiger partial charge in [0.1, 0.15) is 17.2 Å². The number of rotatable bonds is 8. The number of anilines is 1. The van der Waals surface area contributed by atoms with Gasteiger partial charge in [0.25, 0.3) is 11.5 Å². The maximum Gasteiger partial charge on any atom is 0.330 e. The van der Waals surface area contributed by atoms with E-state index >= 15 is 0 Å². The van der Waals surface area contributed by atoms with Gasteiger partial charge in [-0.25, -0.2) is 14.2 Å². The summed E-state index contributed by atoms with van der Waals surface area (Å²) in [5.41, 5.74) is 1.92. The van der Waals surface area contributed by atoms with Gasteiger partial charge in [-0.15, -0.1) is 0 Å². The average Bonchev–Trinajstić information content (AvgIpc) is 3.49. The van der Waals surface area contributed by atoms with Gasteiger partial charge in [-0.2, -0.15) is 5.10 Å². The summed E-state index contributed by atoms with van der Waals surface area (Å²) in [6.45, 7) is 0.486. The van der Waals surface area contributed by atoms with Gasteiger partial charge in [0.15, 0.2) is 5.65 Å². The summed E-state index contributed by atoms with van der Waals surface area (Å²) in [7, 11) is 3.43. The summed E-state index contributed by atoms with van der Waals surface area (Å²) >= 11 is 0. The van der Waals surface area contributed by atoms with Gasteiger partial charge in [-0.05, 0) is 54.5 Å². The molecule has 10 nitrogen and oxygen atoms in total. The van der Waals surface area contributed by atoms with Crippen molar-refractivity contribution in [1.82, 2.24) is 29.3 Å². The van der Waals surface area contributed by atoms with Crippen molar-refractivity contribution in [3.63, 3.8) is 0 Å². The first-order chi connectivity index (χ1) is 19.3. The number of aromatic nitrogens is 6. The molecular formula is C29H28FN7O3. The molecule has 5 aromatic rings. The van der Waals surface area contributed by atoms with Crippen LogP contribution in [0.25, 0.3) is 11.2 Å². The molecule has 0 aliphatic heterocycles. The number of fused-ring (bicyclic) bond motifs is 1. The van der Waals surface area contributed by atoms with Gasteiger partial charge in [0.05, 0.1) is 11.8 Å². The first-order valence-electron chi connectivity index (χ1n) is 13.1. The number of amides is 1. The summed E-state index contributed by atoms with van der Waals surface area (Å²) in [6.07, 6.45) is 5.50. The number of hydrogen-bond donors (Lipinski definition) is 2. The molecule has 1 amide bonds. The van der Waals surface area contributed by atoms with Crippen molar-refractivity contribution in [2.75, 3.05) is 11.9 Å². The Labute approximate surface area is 228 Å². The molecular weight excluding hydrogens is 513 g/mol. The number of aryl methyl sites for hydroxylation is 1. The molecule has 1 atom stereocenters. The van der Waals surface area contributed by atoms with Crippen LogP contribution in [0.5, 0.6) is 0 Å². The van der Waals surface area contributed by atoms with Crippen LogP contribution in [0.1, 0.15) is 46.1 Å². The molecule has 1 saturated carbocycles. The molecule has 2 aromatic carbocycles. The lowest BCUT2D eigenvalue weighted by atomic mass is 9.91. The summed E-state index contributed by atoms with van der Waals surface area (Å²) in [6, 6.07) is 13.9. The number of H-pyrrole nitrogens is 2. The SMILES string of the molecule is CN(C(=O)c1cnn(C)c1)c1ccc(C(Cc2ccccc2F)c2nc3c([nH]2)c(=O)[nH]c(=O)n3CC2CC2)cc1. The third-order valence-corrected chi connectivity index (χ3v) is 7.44. The summed E-state index contributed by atoms with van der Waals surface area (Å²) in [4.78, 5) is 50.0. The molecule has 0 bridgehead atoms. The zero-order chi connectivity index (χ0) is 28.0. The molecule has 0 saturated heterocycles. The molecule has 3 heterocycles. The Hall–Kier alpha value is -4.80. The number of hydrogen-bond acceptors (Lipinski definition) is 5. The molecule has 40 heavy (non-hydrogen) atoms. The topological polar surface area (TPSA) is 122 Å². The summed E-state index contributed by atoms with van der Waals surface area (Å²) in [5.74, 6) is -0.160. The second-order valence-electron chi connectivity index (χ2n) is 10.3. The maximum absolute atomic E-state index is 14.8. The number of nitrogens with one attached hydrogen (secondary N) is 2. The molecule has 0 spiro atoms. The molecule has 1 aliphatic carbocycles. The fraction of sp³-hybridized carbons (Fsp3) is 0.276. The lowest BCUT2D eigenvalue weighted by Gasteiger charge is -2.19. The van der Waals surface area contributed by atoms with Crippen molar-refractivity contribution in [3.8, 4) is 0 Å². The van der Waals surface area contributed by atoms with E-state index in [0.717, 1.165) is 18.4 Å². The van der Waals surface area contributed by atoms with Crippen LogP contribution in [0.3, 0.4) is 0 Å². The normalized spacial score (nSPS) is 14.0. The number of carbonyl (C=O) groups excluding carboxylic acids is 1. The second kappa shape index (κ2) is 10.1. The van der Waals surface area contributed by atoms with Crippen LogP contribution < -0.4 is 16.1 Å². The Morgan fingerprint density at radius 1 is 1.12 bits per heavy atom. The van der Waals surface area contributed by atoms with Crippen LogP contribution >= 0.6 is 0 Å². The van der Waals surface area contributed by atoms with Gasteiger partial charge in [-0.3, -0.25) is 23.8 Å². The Morgan fingerprint density at radius 3 is 2.55 bits per heavy atom. The van der Waals surface area contributed by atoms with Gasteiger partial charge >= 0.3 is 5.69 Å². The molecule has 0 radical (unpaired) electrons. The van der Waals surface area contributed by atoms with Gasteiger partial charge < -0.3 is 9.88 Å². The van der Waals surface area contributed by atoms with Crippen LogP contribution in [0, 0.1) is 11.7 Å². The minimum absolute atomic E-state index is 0.200. The molecule has 2 N–H and O–H groups in total. The molecule has 3 aromatic heterocycles. The van der Waals surface area contributed by atoms with Crippen molar-refractivity contribution >= 4 is 22.8 Å². The maximum atomic E-state index is 14.8. The first kappa shape index (κ1) is 25.5. The number of imidazole rings is 1. The highest BCUT2D eigenvalue weighted by Gasteiger charge is 2.27. The van der Waals surface area contributed by atoms with Crippen molar-refractivity contribution in [2.45, 2.75) is 31.7 Å². The lowest BCUT2D eigenvalue weighted by Crippen LogP contribution is -2.30. The van der Waals surface area contributed by atoms with Crippen LogP contribution in [0.4, 0.5) is 10.1 Å². The average molecular weight is 542 g/mol. The third kappa shape index (κ3) is 4.86. The van der Waals surface area contributed by atoms with E-state index in [2.05, 4.69) is 15.1 Å². The van der Waals surface area contributed by atoms with E-state index in [4.69, 9.17) is 4.98 Å². The quantitative estimate of drug-likeness (QED) is 0.312. The fourth-order valence-electron chi connectivity index (χ4n) is 4.98. The highest BCUT2D eigenvalue weighted by molar-refractivity contribution is 6.05. The van der Waals surface area contributed by atoms with Crippen molar-refractivity contribution in [3.05, 3.63) is 110 Å². The fourth-order valence-corrected chi connectivity index (χ4v) is 4.98. The van der Waals surface area contributed by atoms with Gasteiger partial charge in [0.2, 0.25) is 0 Å². The predicted molar refractivity (Wildman–Crippen MR) is 148 cm³/mol. The molecule has 6 rings (SSSR count). The van der Waals surface area contributed by atoms with E-state index in [9.17, 15) is 18.8 Å². The van der Waals surface area contributed by atoms with Crippen LogP contribution in [0.2, 0.25) is 0 Å². The Balaban J connectivity index is 1.39. The van der Waals surface area contributed by atoms with E-state index in [-0.39, 0.29) is 23.7 Å². The zero-order valence-electron chi connectivity index (χ0n) is 22.1. The van der Waals surface area contributed by atoms with Gasteiger partial charge in [-0.1, -0.05) is 30.3 Å². The van der Waals surface area contributed by atoms with E-state index < -0.39 is 17.2 Å². The summed E-state index contributed by atoms with van der Waals surface area (Å²) < 4.78 is 17.8. The number of aromatic amines is 2. The van der Waals surface area contributed by atoms with E-state index in [1.807, 2.05) is 24.3 Å². The van der Waals surface area contributed by atoms with Crippen molar-refractivity contribution < 1.29 is 9.18 Å². The first-order valence-corrected chi connectivity index (χ1v) is 13.1. The number of benzene rings is 2. The monoisotopic (exact) mass is 541 g/mol. The largest absolute Gasteiger partial charge is 0.336 e. The molecule has 11 heteroatoms. The second-order valence-corrected chi connectivity index (χ2v) is 10.3. The molecule has 204 valence electrons. The Kier molecular flexibility index (Phi) is 6.41. The van der Waals surface area contributed by atoms with E-state index in [0.29, 0.717) is 40.7 Å². The Morgan fingerprint density at radius 2 is 1.88 bits per heavy atom. The standard InChI is InChI=1S/C29H28FN7O3/c1-35-16-20(14-31-35)28(39)36(2)21-11-9-18(10-12-21)22(13-19-5-3-4-6-23(19)30)25-32-24-26(33-25)37(15-17-7-8-17)29(40)34-27(24)38/h3-6,9-12,14,16-17,22H,7-8,13,15H2,1-2H3,(H,32,33)(H,34,38,40). The van der Waals surface area contributed by atoms with Crippen molar-refractivity contribution in [2.24, 2.45) is 13.0 Å². The number of nitrogens with zero attached hydrogens (tertiary/aromatic N) is 5. The van der Waals surface area contributed by atoms with Crippen LogP contribution in [0.15, 0.2) is 70.5 Å². The minimum Gasteiger partial charge on any atom is -0.336 e. The number of carbonyl (C=O) groups is 1. The third-order valence-electron chi connectivity index (χ3n) is 7.44. The molecule has 1 unspecified atom stereocenters. The lowest BCUT2D eigenvalue weighted by molar-refractivity contribution is 0.0993. The summed E-state index contributed by atoms with van der Waals surface area (Å²) in [5, 5.41) is 4.07.